The molecule has 5 aromatic rings. The van der Waals surface area contributed by atoms with Gasteiger partial charge in [0.2, 0.25) is 0 Å². The number of hydrogen-bond acceptors (Lipinski definition) is 5. The summed E-state index contributed by atoms with van der Waals surface area (Å²) in [6, 6.07) is 10.1. The summed E-state index contributed by atoms with van der Waals surface area (Å²) >= 11 is 1.66. The standard InChI is InChI=1S/C15H10N6S/c1-9-13(12-6-7-16-14-17-8-18-21(12)14)22-15-19-10-4-2-3-5-11(10)20(9)15/h2-8H,1H3. The molecule has 0 bridgehead atoms. The average Bonchev–Trinajstić information content (AvgIpc) is 3.21. The summed E-state index contributed by atoms with van der Waals surface area (Å²) in [5.74, 6) is 0.604. The number of aryl methyl sites for hydroxylation is 1. The molecule has 6 nitrogen and oxygen atoms in total. The van der Waals surface area contributed by atoms with Gasteiger partial charge in [0.25, 0.3) is 5.78 Å². The Hall–Kier alpha value is -2.80. The number of thiazole rings is 1. The van der Waals surface area contributed by atoms with E-state index < -0.39 is 0 Å². The van der Waals surface area contributed by atoms with E-state index in [9.17, 15) is 0 Å². The third-order valence-corrected chi connectivity index (χ3v) is 4.97. The molecule has 0 radical (unpaired) electrons. The van der Waals surface area contributed by atoms with Crippen LogP contribution in [0.3, 0.4) is 0 Å². The number of aromatic nitrogens is 6. The summed E-state index contributed by atoms with van der Waals surface area (Å²) in [7, 11) is 0. The average molecular weight is 306 g/mol. The van der Waals surface area contributed by atoms with Gasteiger partial charge in [0, 0.05) is 11.9 Å². The van der Waals surface area contributed by atoms with Gasteiger partial charge < -0.3 is 0 Å². The van der Waals surface area contributed by atoms with Crippen LogP contribution in [0.15, 0.2) is 42.9 Å². The molecule has 0 saturated heterocycles. The zero-order valence-corrected chi connectivity index (χ0v) is 12.4. The Morgan fingerprint density at radius 1 is 1.09 bits per heavy atom. The Labute approximate surface area is 128 Å². The number of fused-ring (bicyclic) bond motifs is 4. The van der Waals surface area contributed by atoms with Crippen LogP contribution in [0.2, 0.25) is 0 Å². The third-order valence-electron chi connectivity index (χ3n) is 3.80. The molecule has 4 heterocycles. The summed E-state index contributed by atoms with van der Waals surface area (Å²) < 4.78 is 3.96. The van der Waals surface area contributed by atoms with E-state index in [1.807, 2.05) is 24.3 Å². The summed E-state index contributed by atoms with van der Waals surface area (Å²) in [5, 5.41) is 4.27. The number of benzene rings is 1. The van der Waals surface area contributed by atoms with E-state index in [1.165, 1.54) is 6.33 Å². The fraction of sp³-hybridized carbons (Fsp3) is 0.0667. The van der Waals surface area contributed by atoms with Gasteiger partial charge in [0.05, 0.1) is 21.6 Å². The maximum Gasteiger partial charge on any atom is 0.252 e. The van der Waals surface area contributed by atoms with Crippen molar-refractivity contribution in [3.63, 3.8) is 0 Å². The Balaban J connectivity index is 1.89. The predicted molar refractivity (Wildman–Crippen MR) is 85.1 cm³/mol. The summed E-state index contributed by atoms with van der Waals surface area (Å²) in [5.41, 5.74) is 4.28. The Bertz CT molecular complexity index is 1150. The molecule has 106 valence electrons. The Morgan fingerprint density at radius 3 is 2.95 bits per heavy atom. The highest BCUT2D eigenvalue weighted by Crippen LogP contribution is 2.34. The normalized spacial score (nSPS) is 11.9. The molecule has 0 fully saturated rings. The Kier molecular flexibility index (Phi) is 2.21. The van der Waals surface area contributed by atoms with Crippen molar-refractivity contribution in [1.29, 1.82) is 0 Å². The van der Waals surface area contributed by atoms with E-state index in [0.29, 0.717) is 5.78 Å². The molecule has 0 aliphatic rings. The molecule has 0 aliphatic carbocycles. The third kappa shape index (κ3) is 1.43. The van der Waals surface area contributed by atoms with Gasteiger partial charge in [-0.1, -0.05) is 23.5 Å². The minimum Gasteiger partial charge on any atom is -0.287 e. The van der Waals surface area contributed by atoms with Crippen LogP contribution in [0.25, 0.3) is 32.3 Å². The number of rotatable bonds is 1. The van der Waals surface area contributed by atoms with Crippen molar-refractivity contribution in [2.45, 2.75) is 6.92 Å². The van der Waals surface area contributed by atoms with Crippen LogP contribution in [-0.2, 0) is 0 Å². The van der Waals surface area contributed by atoms with Gasteiger partial charge in [-0.15, -0.1) is 0 Å². The fourth-order valence-electron chi connectivity index (χ4n) is 2.81. The number of para-hydroxylation sites is 2. The second-order valence-electron chi connectivity index (χ2n) is 5.04. The first-order valence-electron chi connectivity index (χ1n) is 6.84. The van der Waals surface area contributed by atoms with Crippen LogP contribution in [0, 0.1) is 6.92 Å². The minimum atomic E-state index is 0.604. The molecule has 1 aromatic carbocycles. The molecular formula is C15H10N6S. The van der Waals surface area contributed by atoms with Crippen LogP contribution < -0.4 is 0 Å². The number of hydrogen-bond donors (Lipinski definition) is 0. The topological polar surface area (TPSA) is 60.4 Å². The van der Waals surface area contributed by atoms with Gasteiger partial charge in [0.1, 0.15) is 6.33 Å². The highest BCUT2D eigenvalue weighted by atomic mass is 32.1. The largest absolute Gasteiger partial charge is 0.287 e. The van der Waals surface area contributed by atoms with Gasteiger partial charge in [-0.3, -0.25) is 4.40 Å². The van der Waals surface area contributed by atoms with Gasteiger partial charge >= 0.3 is 0 Å². The van der Waals surface area contributed by atoms with Crippen molar-refractivity contribution in [3.8, 4) is 10.6 Å². The Morgan fingerprint density at radius 2 is 2.00 bits per heavy atom. The molecule has 0 saturated carbocycles. The molecule has 22 heavy (non-hydrogen) atoms. The smallest absolute Gasteiger partial charge is 0.252 e. The SMILES string of the molecule is Cc1c(-c2ccnc3ncnn23)sc2nc3ccccc3n12. The summed E-state index contributed by atoms with van der Waals surface area (Å²) in [6.07, 6.45) is 3.29. The molecule has 4 aromatic heterocycles. The highest BCUT2D eigenvalue weighted by Gasteiger charge is 2.17. The molecular weight excluding hydrogens is 296 g/mol. The zero-order valence-electron chi connectivity index (χ0n) is 11.6. The van der Waals surface area contributed by atoms with Crippen molar-refractivity contribution in [2.24, 2.45) is 0 Å². The zero-order chi connectivity index (χ0) is 14.7. The van der Waals surface area contributed by atoms with Crippen LogP contribution in [0.4, 0.5) is 0 Å². The summed E-state index contributed by atoms with van der Waals surface area (Å²) in [6.45, 7) is 2.11. The van der Waals surface area contributed by atoms with Crippen molar-refractivity contribution < 1.29 is 0 Å². The van der Waals surface area contributed by atoms with Crippen molar-refractivity contribution in [1.82, 2.24) is 29.0 Å². The van der Waals surface area contributed by atoms with Crippen molar-refractivity contribution >= 4 is 33.1 Å². The van der Waals surface area contributed by atoms with Crippen LogP contribution in [0.1, 0.15) is 5.69 Å². The lowest BCUT2D eigenvalue weighted by Crippen LogP contribution is -1.96. The quantitative estimate of drug-likeness (QED) is 0.478. The predicted octanol–water partition coefficient (Wildman–Crippen LogP) is 2.96. The first-order valence-corrected chi connectivity index (χ1v) is 7.66. The van der Waals surface area contributed by atoms with E-state index in [-0.39, 0.29) is 0 Å². The van der Waals surface area contributed by atoms with Gasteiger partial charge in [-0.05, 0) is 25.1 Å². The first-order chi connectivity index (χ1) is 10.8. The molecule has 7 heteroatoms. The molecule has 0 unspecified atom stereocenters. The molecule has 0 spiro atoms. The van der Waals surface area contributed by atoms with Gasteiger partial charge in [-0.25, -0.2) is 9.97 Å². The number of imidazole rings is 1. The molecule has 0 N–H and O–H groups in total. The molecule has 0 aliphatic heterocycles. The van der Waals surface area contributed by atoms with Gasteiger partial charge in [0.15, 0.2) is 4.96 Å². The van der Waals surface area contributed by atoms with E-state index in [1.54, 1.807) is 22.0 Å². The highest BCUT2D eigenvalue weighted by molar-refractivity contribution is 7.20. The second kappa shape index (κ2) is 4.11. The maximum atomic E-state index is 4.71. The van der Waals surface area contributed by atoms with E-state index in [2.05, 4.69) is 32.5 Å². The van der Waals surface area contributed by atoms with Gasteiger partial charge in [-0.2, -0.15) is 14.6 Å². The lowest BCUT2D eigenvalue weighted by atomic mass is 10.2. The second-order valence-corrected chi connectivity index (χ2v) is 6.01. The lowest BCUT2D eigenvalue weighted by Gasteiger charge is -2.02. The number of nitrogens with zero attached hydrogens (tertiary/aromatic N) is 6. The van der Waals surface area contributed by atoms with Crippen molar-refractivity contribution in [3.05, 3.63) is 48.5 Å². The van der Waals surface area contributed by atoms with Crippen LogP contribution in [-0.4, -0.2) is 29.0 Å². The molecule has 5 rings (SSSR count). The lowest BCUT2D eigenvalue weighted by molar-refractivity contribution is 0.947. The van der Waals surface area contributed by atoms with Crippen LogP contribution in [0.5, 0.6) is 0 Å². The molecule has 0 amide bonds. The molecule has 0 atom stereocenters. The monoisotopic (exact) mass is 306 g/mol. The fourth-order valence-corrected chi connectivity index (χ4v) is 3.96. The van der Waals surface area contributed by atoms with Crippen molar-refractivity contribution in [2.75, 3.05) is 0 Å². The summed E-state index contributed by atoms with van der Waals surface area (Å²) in [4.78, 5) is 15.2. The van der Waals surface area contributed by atoms with Crippen LogP contribution >= 0.6 is 11.3 Å². The van der Waals surface area contributed by atoms with E-state index in [4.69, 9.17) is 4.98 Å². The van der Waals surface area contributed by atoms with E-state index in [0.717, 1.165) is 32.3 Å². The minimum absolute atomic E-state index is 0.604. The maximum absolute atomic E-state index is 4.71. The van der Waals surface area contributed by atoms with E-state index >= 15 is 0 Å². The first kappa shape index (κ1) is 11.8.